The number of rotatable bonds is 6. The molecule has 1 saturated carbocycles. The van der Waals surface area contributed by atoms with Gasteiger partial charge in [-0.15, -0.1) is 0 Å². The molecule has 17 heavy (non-hydrogen) atoms. The van der Waals surface area contributed by atoms with Gasteiger partial charge in [0.1, 0.15) is 12.0 Å². The van der Waals surface area contributed by atoms with Gasteiger partial charge in [0.2, 0.25) is 0 Å². The number of nitrogens with zero attached hydrogens (tertiary/aromatic N) is 1. The lowest BCUT2D eigenvalue weighted by atomic mass is 10.2. The molecule has 1 aliphatic rings. The monoisotopic (exact) mass is 234 g/mol. The molecule has 0 spiro atoms. The second-order valence-electron chi connectivity index (χ2n) is 4.31. The van der Waals surface area contributed by atoms with Crippen LogP contribution >= 0.6 is 0 Å². The maximum absolute atomic E-state index is 10.8. The van der Waals surface area contributed by atoms with Crippen molar-refractivity contribution in [3.63, 3.8) is 0 Å². The molecule has 0 saturated heterocycles. The standard InChI is InChI=1S/C12H14N2O3/c15-8-10-3-4-11(12(7-10)14(16)17)13-6-5-9-1-2-9/h3-4,7-9,13H,1-2,5-6H2. The minimum Gasteiger partial charge on any atom is -0.379 e. The summed E-state index contributed by atoms with van der Waals surface area (Å²) < 4.78 is 0. The number of nitro benzene ring substituents is 1. The molecule has 1 aliphatic carbocycles. The lowest BCUT2D eigenvalue weighted by Gasteiger charge is -2.06. The Hall–Kier alpha value is -1.91. The second kappa shape index (κ2) is 4.95. The van der Waals surface area contributed by atoms with E-state index in [9.17, 15) is 14.9 Å². The summed E-state index contributed by atoms with van der Waals surface area (Å²) in [6, 6.07) is 4.47. The molecule has 0 aliphatic heterocycles. The van der Waals surface area contributed by atoms with E-state index < -0.39 is 4.92 Å². The molecule has 1 aromatic rings. The number of aldehydes is 1. The van der Waals surface area contributed by atoms with Gasteiger partial charge in [-0.1, -0.05) is 12.8 Å². The summed E-state index contributed by atoms with van der Waals surface area (Å²) in [4.78, 5) is 20.9. The van der Waals surface area contributed by atoms with E-state index in [1.54, 1.807) is 12.1 Å². The van der Waals surface area contributed by atoms with Crippen molar-refractivity contribution in [1.29, 1.82) is 0 Å². The highest BCUT2D eigenvalue weighted by molar-refractivity contribution is 5.79. The van der Waals surface area contributed by atoms with Gasteiger partial charge in [0.15, 0.2) is 0 Å². The van der Waals surface area contributed by atoms with Gasteiger partial charge >= 0.3 is 0 Å². The minimum absolute atomic E-state index is 0.0367. The van der Waals surface area contributed by atoms with Gasteiger partial charge in [-0.2, -0.15) is 0 Å². The van der Waals surface area contributed by atoms with Crippen LogP contribution in [0.25, 0.3) is 0 Å². The molecule has 0 unspecified atom stereocenters. The molecule has 0 heterocycles. The Morgan fingerprint density at radius 3 is 2.82 bits per heavy atom. The Morgan fingerprint density at radius 1 is 1.47 bits per heavy atom. The first-order valence-corrected chi connectivity index (χ1v) is 5.68. The number of benzene rings is 1. The summed E-state index contributed by atoms with van der Waals surface area (Å²) in [5.74, 6) is 0.788. The molecular weight excluding hydrogens is 220 g/mol. The highest BCUT2D eigenvalue weighted by Gasteiger charge is 2.21. The molecular formula is C12H14N2O3. The molecule has 1 N–H and O–H groups in total. The van der Waals surface area contributed by atoms with Gasteiger partial charge in [-0.05, 0) is 24.5 Å². The topological polar surface area (TPSA) is 72.2 Å². The number of anilines is 1. The van der Waals surface area contributed by atoms with E-state index in [1.165, 1.54) is 18.9 Å². The van der Waals surface area contributed by atoms with Crippen LogP contribution in [0.2, 0.25) is 0 Å². The van der Waals surface area contributed by atoms with Gasteiger partial charge < -0.3 is 5.32 Å². The van der Waals surface area contributed by atoms with E-state index >= 15 is 0 Å². The van der Waals surface area contributed by atoms with Crippen molar-refractivity contribution < 1.29 is 9.72 Å². The molecule has 0 radical (unpaired) electrons. The molecule has 0 bridgehead atoms. The lowest BCUT2D eigenvalue weighted by Crippen LogP contribution is -2.05. The van der Waals surface area contributed by atoms with Gasteiger partial charge in [-0.3, -0.25) is 14.9 Å². The molecule has 2 rings (SSSR count). The van der Waals surface area contributed by atoms with E-state index in [2.05, 4.69) is 5.32 Å². The van der Waals surface area contributed by atoms with Crippen LogP contribution in [0.1, 0.15) is 29.6 Å². The summed E-state index contributed by atoms with van der Waals surface area (Å²) in [5.41, 5.74) is 0.774. The first-order valence-electron chi connectivity index (χ1n) is 5.68. The first kappa shape index (κ1) is 11.6. The van der Waals surface area contributed by atoms with Crippen LogP contribution in [0.15, 0.2) is 18.2 Å². The third kappa shape index (κ3) is 3.03. The van der Waals surface area contributed by atoms with Crippen LogP contribution in [0, 0.1) is 16.0 Å². The minimum atomic E-state index is -0.466. The van der Waals surface area contributed by atoms with Crippen molar-refractivity contribution in [2.45, 2.75) is 19.3 Å². The van der Waals surface area contributed by atoms with Crippen LogP contribution in [-0.4, -0.2) is 17.8 Å². The molecule has 1 aromatic carbocycles. The van der Waals surface area contributed by atoms with Crippen LogP contribution in [-0.2, 0) is 0 Å². The zero-order chi connectivity index (χ0) is 12.3. The largest absolute Gasteiger partial charge is 0.379 e. The fourth-order valence-corrected chi connectivity index (χ4v) is 1.74. The maximum atomic E-state index is 10.8. The molecule has 1 fully saturated rings. The van der Waals surface area contributed by atoms with E-state index in [0.717, 1.165) is 18.9 Å². The first-order chi connectivity index (χ1) is 8.20. The normalized spacial score (nSPS) is 14.4. The predicted octanol–water partition coefficient (Wildman–Crippen LogP) is 2.62. The van der Waals surface area contributed by atoms with Crippen molar-refractivity contribution in [1.82, 2.24) is 0 Å². The zero-order valence-corrected chi connectivity index (χ0v) is 9.39. The quantitative estimate of drug-likeness (QED) is 0.466. The Kier molecular flexibility index (Phi) is 3.37. The summed E-state index contributed by atoms with van der Waals surface area (Å²) in [7, 11) is 0. The molecule has 5 heteroatoms. The molecule has 0 amide bonds. The molecule has 5 nitrogen and oxygen atoms in total. The number of nitro groups is 1. The Bertz CT molecular complexity index is 441. The van der Waals surface area contributed by atoms with Crippen LogP contribution in [0.5, 0.6) is 0 Å². The summed E-state index contributed by atoms with van der Waals surface area (Å²) in [5, 5.41) is 13.9. The number of carbonyl (C=O) groups is 1. The fourth-order valence-electron chi connectivity index (χ4n) is 1.74. The Balaban J connectivity index is 2.07. The van der Waals surface area contributed by atoms with Crippen molar-refractivity contribution in [2.24, 2.45) is 5.92 Å². The Labute approximate surface area is 99.0 Å². The van der Waals surface area contributed by atoms with E-state index in [1.807, 2.05) is 0 Å². The summed E-state index contributed by atoms with van der Waals surface area (Å²) in [6.45, 7) is 0.742. The van der Waals surface area contributed by atoms with Crippen molar-refractivity contribution in [3.8, 4) is 0 Å². The average molecular weight is 234 g/mol. The van der Waals surface area contributed by atoms with Gasteiger partial charge in [0.25, 0.3) is 5.69 Å². The second-order valence-corrected chi connectivity index (χ2v) is 4.31. The fraction of sp³-hybridized carbons (Fsp3) is 0.417. The zero-order valence-electron chi connectivity index (χ0n) is 9.39. The smallest absolute Gasteiger partial charge is 0.293 e. The SMILES string of the molecule is O=Cc1ccc(NCCC2CC2)c([N+](=O)[O-])c1. The molecule has 0 aromatic heterocycles. The lowest BCUT2D eigenvalue weighted by molar-refractivity contribution is -0.384. The van der Waals surface area contributed by atoms with Crippen LogP contribution in [0.4, 0.5) is 11.4 Å². The van der Waals surface area contributed by atoms with Gasteiger partial charge in [0, 0.05) is 18.2 Å². The summed E-state index contributed by atoms with van der Waals surface area (Å²) in [6.07, 6.45) is 4.20. The van der Waals surface area contributed by atoms with Gasteiger partial charge in [-0.25, -0.2) is 0 Å². The highest BCUT2D eigenvalue weighted by atomic mass is 16.6. The molecule has 90 valence electrons. The maximum Gasteiger partial charge on any atom is 0.293 e. The highest BCUT2D eigenvalue weighted by Crippen LogP contribution is 2.32. The third-order valence-electron chi connectivity index (χ3n) is 2.92. The Morgan fingerprint density at radius 2 is 2.24 bits per heavy atom. The average Bonchev–Trinajstić information content (AvgIpc) is 3.13. The van der Waals surface area contributed by atoms with Crippen LogP contribution in [0.3, 0.4) is 0 Å². The third-order valence-corrected chi connectivity index (χ3v) is 2.92. The number of nitrogens with one attached hydrogen (secondary N) is 1. The number of hydrogen-bond donors (Lipinski definition) is 1. The molecule has 0 atom stereocenters. The van der Waals surface area contributed by atoms with Crippen molar-refractivity contribution in [3.05, 3.63) is 33.9 Å². The number of carbonyl (C=O) groups excluding carboxylic acids is 1. The van der Waals surface area contributed by atoms with Crippen molar-refractivity contribution >= 4 is 17.7 Å². The van der Waals surface area contributed by atoms with E-state index in [-0.39, 0.29) is 5.69 Å². The van der Waals surface area contributed by atoms with E-state index in [0.29, 0.717) is 17.5 Å². The number of hydrogen-bond acceptors (Lipinski definition) is 4. The van der Waals surface area contributed by atoms with E-state index in [4.69, 9.17) is 0 Å². The summed E-state index contributed by atoms with van der Waals surface area (Å²) >= 11 is 0. The van der Waals surface area contributed by atoms with Crippen molar-refractivity contribution in [2.75, 3.05) is 11.9 Å². The predicted molar refractivity (Wildman–Crippen MR) is 64.3 cm³/mol. The van der Waals surface area contributed by atoms with Crippen LogP contribution < -0.4 is 5.32 Å². The van der Waals surface area contributed by atoms with Gasteiger partial charge in [0.05, 0.1) is 4.92 Å².